The van der Waals surface area contributed by atoms with Gasteiger partial charge in [-0.05, 0) is 70.0 Å². The molecule has 43 heavy (non-hydrogen) atoms. The third kappa shape index (κ3) is 10.5. The summed E-state index contributed by atoms with van der Waals surface area (Å²) in [6, 6.07) is 31.9. The zero-order valence-electron chi connectivity index (χ0n) is 28.7. The average molecular weight is 659 g/mol. The molecule has 0 aromatic heterocycles. The first kappa shape index (κ1) is 40.1. The third-order valence-corrected chi connectivity index (χ3v) is 15.5. The molecule has 0 N–H and O–H groups in total. The Kier molecular flexibility index (Phi) is 17.0. The van der Waals surface area contributed by atoms with Gasteiger partial charge in [0.15, 0.2) is 0 Å². The van der Waals surface area contributed by atoms with Gasteiger partial charge in [-0.3, -0.25) is 0 Å². The SMILES string of the molecule is C1CCCC1.C[C@@H](C1CCCC1c1ccccc1P(c1ccccc1)c1ccccc1)P(C(C)(C)C)C(C)(C)C.[CH3-].[CH3-].[Fe+2]. The van der Waals surface area contributed by atoms with Crippen molar-refractivity contribution in [3.63, 3.8) is 0 Å². The maximum absolute atomic E-state index is 2.60. The second-order valence-electron chi connectivity index (χ2n) is 14.0. The molecule has 0 amide bonds. The van der Waals surface area contributed by atoms with Crippen LogP contribution in [0.25, 0.3) is 0 Å². The zero-order valence-corrected chi connectivity index (χ0v) is 31.6. The first-order valence-electron chi connectivity index (χ1n) is 15.9. The maximum Gasteiger partial charge on any atom is 2.00 e. The van der Waals surface area contributed by atoms with Crippen molar-refractivity contribution in [3.8, 4) is 0 Å². The summed E-state index contributed by atoms with van der Waals surface area (Å²) in [6.07, 6.45) is 11.6. The minimum absolute atomic E-state index is 0. The van der Waals surface area contributed by atoms with Gasteiger partial charge in [-0.2, -0.15) is 0 Å². The molecule has 0 aliphatic heterocycles. The Labute approximate surface area is 280 Å². The summed E-state index contributed by atoms with van der Waals surface area (Å²) in [4.78, 5) is 0. The summed E-state index contributed by atoms with van der Waals surface area (Å²) in [6.45, 7) is 17.5. The smallest absolute Gasteiger partial charge is 0.358 e. The van der Waals surface area contributed by atoms with Crippen LogP contribution in [0.5, 0.6) is 0 Å². The molecule has 0 radical (unpaired) electrons. The predicted molar refractivity (Wildman–Crippen MR) is 197 cm³/mol. The molecule has 5 rings (SSSR count). The zero-order chi connectivity index (χ0) is 28.8. The van der Waals surface area contributed by atoms with Gasteiger partial charge >= 0.3 is 17.1 Å². The molecule has 2 saturated carbocycles. The molecule has 238 valence electrons. The van der Waals surface area contributed by atoms with Gasteiger partial charge in [0.05, 0.1) is 0 Å². The van der Waals surface area contributed by atoms with E-state index in [1.807, 2.05) is 0 Å². The fourth-order valence-electron chi connectivity index (χ4n) is 7.84. The Hall–Kier alpha value is -0.961. The summed E-state index contributed by atoms with van der Waals surface area (Å²) < 4.78 is 0. The van der Waals surface area contributed by atoms with Gasteiger partial charge in [0.1, 0.15) is 0 Å². The molecule has 2 unspecified atom stereocenters. The van der Waals surface area contributed by atoms with E-state index in [2.05, 4.69) is 133 Å². The van der Waals surface area contributed by atoms with Crippen molar-refractivity contribution in [1.82, 2.24) is 0 Å². The Morgan fingerprint density at radius 1 is 0.581 bits per heavy atom. The molecular formula is C40H60FeP2. The van der Waals surface area contributed by atoms with Crippen molar-refractivity contribution in [2.75, 3.05) is 0 Å². The fourth-order valence-corrected chi connectivity index (χ4v) is 15.6. The van der Waals surface area contributed by atoms with Crippen LogP contribution in [-0.2, 0) is 17.1 Å². The molecule has 2 aliphatic carbocycles. The van der Waals surface area contributed by atoms with Crippen LogP contribution in [0.1, 0.15) is 111 Å². The van der Waals surface area contributed by atoms with Crippen molar-refractivity contribution < 1.29 is 17.1 Å². The standard InChI is InChI=1S/C33H44P2.C5H10.2CH3.Fe/c1-25(35(32(2,3)4)33(5,6)7)28-22-16-23-29(28)30-21-14-15-24-31(30)34(26-17-10-8-11-18-26)27-19-12-9-13-20-27;1-2-4-5-3-1;;;/h8-15,17-21,24-25,28-29H,16,22-23H2,1-7H3;1-5H2;2*1H3;/q;;2*-1;+2/t25-,28?,29?;;;;/m0..../s1. The van der Waals surface area contributed by atoms with Crippen LogP contribution in [0.3, 0.4) is 0 Å². The van der Waals surface area contributed by atoms with Crippen LogP contribution < -0.4 is 15.9 Å². The molecule has 0 heterocycles. The molecule has 2 fully saturated rings. The quantitative estimate of drug-likeness (QED) is 0.140. The summed E-state index contributed by atoms with van der Waals surface area (Å²) in [7, 11) is -0.716. The molecule has 2 aliphatic rings. The number of benzene rings is 3. The second-order valence-corrected chi connectivity index (χ2v) is 20.4. The van der Waals surface area contributed by atoms with Gasteiger partial charge in [0, 0.05) is 0 Å². The van der Waals surface area contributed by atoms with E-state index >= 15 is 0 Å². The average Bonchev–Trinajstić information content (AvgIpc) is 3.65. The van der Waals surface area contributed by atoms with Crippen molar-refractivity contribution in [3.05, 3.63) is 105 Å². The van der Waals surface area contributed by atoms with E-state index in [0.29, 0.717) is 16.2 Å². The Morgan fingerprint density at radius 2 is 1.00 bits per heavy atom. The Bertz CT molecular complexity index is 1100. The van der Waals surface area contributed by atoms with Gasteiger partial charge in [0.25, 0.3) is 0 Å². The normalized spacial score (nSPS) is 19.0. The molecule has 0 spiro atoms. The molecule has 3 aromatic carbocycles. The van der Waals surface area contributed by atoms with E-state index in [0.717, 1.165) is 11.6 Å². The molecular weight excluding hydrogens is 598 g/mol. The first-order valence-corrected chi connectivity index (χ1v) is 18.6. The van der Waals surface area contributed by atoms with Crippen molar-refractivity contribution in [1.29, 1.82) is 0 Å². The molecule has 0 bridgehead atoms. The minimum Gasteiger partial charge on any atom is -0.358 e. The van der Waals surface area contributed by atoms with Crippen LogP contribution >= 0.6 is 15.8 Å². The summed E-state index contributed by atoms with van der Waals surface area (Å²) in [5.41, 5.74) is 2.38. The molecule has 0 saturated heterocycles. The molecule has 3 atom stereocenters. The third-order valence-electron chi connectivity index (χ3n) is 8.90. The predicted octanol–water partition coefficient (Wildman–Crippen LogP) is 11.6. The number of hydrogen-bond donors (Lipinski definition) is 0. The molecule has 3 heteroatoms. The van der Waals surface area contributed by atoms with Gasteiger partial charge in [0.2, 0.25) is 0 Å². The topological polar surface area (TPSA) is 0 Å². The van der Waals surface area contributed by atoms with E-state index in [-0.39, 0.29) is 39.8 Å². The second kappa shape index (κ2) is 18.3. The monoisotopic (exact) mass is 658 g/mol. The van der Waals surface area contributed by atoms with E-state index in [9.17, 15) is 0 Å². The van der Waals surface area contributed by atoms with E-state index < -0.39 is 7.92 Å². The fraction of sp³-hybridized carbons (Fsp3) is 0.500. The van der Waals surface area contributed by atoms with E-state index in [1.54, 1.807) is 10.9 Å². The van der Waals surface area contributed by atoms with Gasteiger partial charge in [-0.1, -0.05) is 180 Å². The largest absolute Gasteiger partial charge is 2.00 e. The number of rotatable bonds is 6. The van der Waals surface area contributed by atoms with E-state index in [1.165, 1.54) is 62.0 Å². The van der Waals surface area contributed by atoms with Crippen molar-refractivity contribution in [2.45, 2.75) is 122 Å². The van der Waals surface area contributed by atoms with Gasteiger partial charge in [-0.25, -0.2) is 0 Å². The van der Waals surface area contributed by atoms with Crippen LogP contribution in [0, 0.1) is 20.8 Å². The van der Waals surface area contributed by atoms with Crippen molar-refractivity contribution >= 4 is 31.8 Å². The Morgan fingerprint density at radius 3 is 1.44 bits per heavy atom. The van der Waals surface area contributed by atoms with Gasteiger partial charge in [-0.15, -0.1) is 0 Å². The summed E-state index contributed by atoms with van der Waals surface area (Å²) >= 11 is 0. The Balaban J connectivity index is 0.00000105. The van der Waals surface area contributed by atoms with Crippen molar-refractivity contribution in [2.24, 2.45) is 5.92 Å². The summed E-state index contributed by atoms with van der Waals surface area (Å²) in [5.74, 6) is 1.43. The van der Waals surface area contributed by atoms with Crippen LogP contribution in [-0.4, -0.2) is 16.0 Å². The summed E-state index contributed by atoms with van der Waals surface area (Å²) in [5, 5.41) is 5.20. The molecule has 0 nitrogen and oxygen atoms in total. The van der Waals surface area contributed by atoms with Crippen LogP contribution in [0.2, 0.25) is 0 Å². The molecule has 3 aromatic rings. The number of hydrogen-bond acceptors (Lipinski definition) is 0. The first-order chi connectivity index (χ1) is 19.1. The van der Waals surface area contributed by atoms with Crippen LogP contribution in [0.15, 0.2) is 84.9 Å². The minimum atomic E-state index is -0.576. The van der Waals surface area contributed by atoms with E-state index in [4.69, 9.17) is 0 Å². The maximum atomic E-state index is 2.60. The van der Waals surface area contributed by atoms with Gasteiger partial charge < -0.3 is 14.9 Å². The van der Waals surface area contributed by atoms with Crippen LogP contribution in [0.4, 0.5) is 0 Å².